The van der Waals surface area contributed by atoms with E-state index >= 15 is 0 Å². The van der Waals surface area contributed by atoms with Crippen LogP contribution in [0, 0.1) is 5.82 Å². The number of benzene rings is 1. The Hall–Kier alpha value is -1.13. The molecule has 0 saturated carbocycles. The highest BCUT2D eigenvalue weighted by Gasteiger charge is 2.15. The summed E-state index contributed by atoms with van der Waals surface area (Å²) in [5.41, 5.74) is 5.54. The molecule has 0 amide bonds. The fraction of sp³-hybridized carbons (Fsp3) is 0.400. The summed E-state index contributed by atoms with van der Waals surface area (Å²) in [6, 6.07) is 5.68. The Kier molecular flexibility index (Phi) is 3.85. The summed E-state index contributed by atoms with van der Waals surface area (Å²) in [4.78, 5) is 0. The van der Waals surface area contributed by atoms with E-state index in [2.05, 4.69) is 0 Å². The monoisotopic (exact) mass is 199 g/mol. The van der Waals surface area contributed by atoms with Gasteiger partial charge >= 0.3 is 0 Å². The highest BCUT2D eigenvalue weighted by Crippen LogP contribution is 2.17. The minimum atomic E-state index is -0.577. The molecule has 0 heterocycles. The highest BCUT2D eigenvalue weighted by atomic mass is 19.1. The fourth-order valence-corrected chi connectivity index (χ4v) is 1.01. The number of rotatable bonds is 4. The molecule has 1 aromatic carbocycles. The Morgan fingerprint density at radius 2 is 2.14 bits per heavy atom. The summed E-state index contributed by atoms with van der Waals surface area (Å²) in [7, 11) is 0. The van der Waals surface area contributed by atoms with Gasteiger partial charge in [0.1, 0.15) is 6.10 Å². The number of nitrogens with two attached hydrogens (primary N) is 1. The van der Waals surface area contributed by atoms with E-state index in [0.717, 1.165) is 0 Å². The van der Waals surface area contributed by atoms with Crippen molar-refractivity contribution in [2.24, 2.45) is 5.73 Å². The Labute approximate surface area is 82.3 Å². The molecular formula is C10H14FNO2. The smallest absolute Gasteiger partial charge is 0.165 e. The molecule has 0 aromatic heterocycles. The number of ether oxygens (including phenoxy) is 1. The minimum Gasteiger partial charge on any atom is -0.483 e. The Bertz CT molecular complexity index is 291. The van der Waals surface area contributed by atoms with Crippen molar-refractivity contribution >= 4 is 0 Å². The molecule has 0 aliphatic heterocycles. The third kappa shape index (κ3) is 2.68. The van der Waals surface area contributed by atoms with Crippen LogP contribution in [0.15, 0.2) is 24.3 Å². The van der Waals surface area contributed by atoms with Crippen LogP contribution < -0.4 is 10.5 Å². The van der Waals surface area contributed by atoms with Crippen molar-refractivity contribution in [3.8, 4) is 5.75 Å². The topological polar surface area (TPSA) is 55.5 Å². The molecule has 0 aliphatic carbocycles. The number of para-hydroxylation sites is 1. The van der Waals surface area contributed by atoms with Gasteiger partial charge in [0.2, 0.25) is 0 Å². The van der Waals surface area contributed by atoms with Crippen molar-refractivity contribution in [1.29, 1.82) is 0 Å². The van der Waals surface area contributed by atoms with Gasteiger partial charge in [0.25, 0.3) is 0 Å². The lowest BCUT2D eigenvalue weighted by Crippen LogP contribution is -2.39. The van der Waals surface area contributed by atoms with E-state index in [-0.39, 0.29) is 18.4 Å². The first-order chi connectivity index (χ1) is 6.65. The largest absolute Gasteiger partial charge is 0.483 e. The van der Waals surface area contributed by atoms with Crippen LogP contribution in [0.5, 0.6) is 5.75 Å². The van der Waals surface area contributed by atoms with Crippen molar-refractivity contribution in [3.63, 3.8) is 0 Å². The standard InChI is InChI=1S/C10H14FNO2/c1-7(12)10(6-13)14-9-5-3-2-4-8(9)11/h2-5,7,10,13H,6,12H2,1H3. The van der Waals surface area contributed by atoms with Crippen LogP contribution in [0.2, 0.25) is 0 Å². The van der Waals surface area contributed by atoms with Gasteiger partial charge in [0.05, 0.1) is 6.61 Å². The van der Waals surface area contributed by atoms with Crippen molar-refractivity contribution in [3.05, 3.63) is 30.1 Å². The lowest BCUT2D eigenvalue weighted by molar-refractivity contribution is 0.0953. The summed E-state index contributed by atoms with van der Waals surface area (Å²) >= 11 is 0. The number of hydrogen-bond donors (Lipinski definition) is 2. The van der Waals surface area contributed by atoms with Gasteiger partial charge in [-0.15, -0.1) is 0 Å². The number of aliphatic hydroxyl groups excluding tert-OH is 1. The maximum atomic E-state index is 13.1. The summed E-state index contributed by atoms with van der Waals surface area (Å²) in [6.07, 6.45) is -0.577. The molecular weight excluding hydrogens is 185 g/mol. The van der Waals surface area contributed by atoms with Crippen molar-refractivity contribution in [2.75, 3.05) is 6.61 Å². The Balaban J connectivity index is 2.72. The quantitative estimate of drug-likeness (QED) is 0.758. The maximum Gasteiger partial charge on any atom is 0.165 e. The van der Waals surface area contributed by atoms with Gasteiger partial charge in [-0.1, -0.05) is 12.1 Å². The molecule has 14 heavy (non-hydrogen) atoms. The molecule has 78 valence electrons. The van der Waals surface area contributed by atoms with Crippen LogP contribution in [0.25, 0.3) is 0 Å². The predicted molar refractivity (Wildman–Crippen MR) is 51.6 cm³/mol. The molecule has 2 atom stereocenters. The van der Waals surface area contributed by atoms with E-state index in [1.807, 2.05) is 0 Å². The van der Waals surface area contributed by atoms with Gasteiger partial charge < -0.3 is 15.6 Å². The van der Waals surface area contributed by atoms with Gasteiger partial charge in [-0.2, -0.15) is 0 Å². The van der Waals surface area contributed by atoms with Crippen LogP contribution in [-0.4, -0.2) is 23.9 Å². The average molecular weight is 199 g/mol. The zero-order valence-corrected chi connectivity index (χ0v) is 7.98. The SMILES string of the molecule is CC(N)C(CO)Oc1ccccc1F. The lowest BCUT2D eigenvalue weighted by atomic mass is 10.2. The molecule has 2 unspecified atom stereocenters. The second-order valence-corrected chi connectivity index (χ2v) is 3.13. The van der Waals surface area contributed by atoms with E-state index in [4.69, 9.17) is 15.6 Å². The summed E-state index contributed by atoms with van der Waals surface area (Å²) in [5.74, 6) is -0.338. The van der Waals surface area contributed by atoms with E-state index in [0.29, 0.717) is 0 Å². The lowest BCUT2D eigenvalue weighted by Gasteiger charge is -2.20. The Morgan fingerprint density at radius 3 is 2.64 bits per heavy atom. The van der Waals surface area contributed by atoms with Gasteiger partial charge in [-0.25, -0.2) is 4.39 Å². The summed E-state index contributed by atoms with van der Waals surface area (Å²) in [5, 5.41) is 8.92. The number of hydrogen-bond acceptors (Lipinski definition) is 3. The highest BCUT2D eigenvalue weighted by molar-refractivity contribution is 5.24. The minimum absolute atomic E-state index is 0.115. The maximum absolute atomic E-state index is 13.1. The average Bonchev–Trinajstić information content (AvgIpc) is 2.16. The number of aliphatic hydroxyl groups is 1. The molecule has 0 saturated heterocycles. The van der Waals surface area contributed by atoms with Crippen LogP contribution in [0.4, 0.5) is 4.39 Å². The molecule has 0 bridgehead atoms. The van der Waals surface area contributed by atoms with Crippen molar-refractivity contribution in [2.45, 2.75) is 19.1 Å². The first-order valence-corrected chi connectivity index (χ1v) is 4.42. The van der Waals surface area contributed by atoms with E-state index in [1.54, 1.807) is 19.1 Å². The number of halogens is 1. The van der Waals surface area contributed by atoms with Crippen molar-refractivity contribution in [1.82, 2.24) is 0 Å². The first kappa shape index (κ1) is 10.9. The van der Waals surface area contributed by atoms with Gasteiger partial charge in [0.15, 0.2) is 11.6 Å². The molecule has 0 spiro atoms. The second kappa shape index (κ2) is 4.93. The van der Waals surface area contributed by atoms with Crippen LogP contribution in [-0.2, 0) is 0 Å². The van der Waals surface area contributed by atoms with Gasteiger partial charge in [-0.05, 0) is 19.1 Å². The Morgan fingerprint density at radius 1 is 1.50 bits per heavy atom. The zero-order valence-electron chi connectivity index (χ0n) is 7.98. The molecule has 4 heteroatoms. The van der Waals surface area contributed by atoms with E-state index in [9.17, 15) is 4.39 Å². The molecule has 0 aliphatic rings. The zero-order chi connectivity index (χ0) is 10.6. The fourth-order valence-electron chi connectivity index (χ4n) is 1.01. The third-order valence-corrected chi connectivity index (χ3v) is 1.88. The van der Waals surface area contributed by atoms with E-state index < -0.39 is 11.9 Å². The first-order valence-electron chi connectivity index (χ1n) is 4.42. The summed E-state index contributed by atoms with van der Waals surface area (Å²) in [6.45, 7) is 1.47. The predicted octanol–water partition coefficient (Wildman–Crippen LogP) is 0.913. The summed E-state index contributed by atoms with van der Waals surface area (Å²) < 4.78 is 18.3. The molecule has 1 aromatic rings. The van der Waals surface area contributed by atoms with Gasteiger partial charge in [0, 0.05) is 6.04 Å². The molecule has 0 fully saturated rings. The molecule has 3 nitrogen and oxygen atoms in total. The molecule has 0 radical (unpaired) electrons. The van der Waals surface area contributed by atoms with Gasteiger partial charge in [-0.3, -0.25) is 0 Å². The third-order valence-electron chi connectivity index (χ3n) is 1.88. The molecule has 3 N–H and O–H groups in total. The second-order valence-electron chi connectivity index (χ2n) is 3.13. The normalized spacial score (nSPS) is 14.9. The van der Waals surface area contributed by atoms with Crippen LogP contribution in [0.1, 0.15) is 6.92 Å². The van der Waals surface area contributed by atoms with Crippen LogP contribution >= 0.6 is 0 Å². The van der Waals surface area contributed by atoms with Crippen molar-refractivity contribution < 1.29 is 14.2 Å². The van der Waals surface area contributed by atoms with Crippen LogP contribution in [0.3, 0.4) is 0 Å². The van der Waals surface area contributed by atoms with E-state index in [1.165, 1.54) is 12.1 Å². The molecule has 1 rings (SSSR count).